The summed E-state index contributed by atoms with van der Waals surface area (Å²) in [6, 6.07) is 0.356. The van der Waals surface area contributed by atoms with Crippen LogP contribution in [0.15, 0.2) is 12.6 Å². The van der Waals surface area contributed by atoms with Gasteiger partial charge in [-0.1, -0.05) is 6.58 Å². The Morgan fingerprint density at radius 1 is 1.26 bits per heavy atom. The molecule has 5 nitrogen and oxygen atoms in total. The number of carbonyl (C=O) groups excluding carboxylic acids is 1. The first-order valence-corrected chi connectivity index (χ1v) is 6.50. The Morgan fingerprint density at radius 3 is 2.30 bits per heavy atom. The maximum Gasteiger partial charge on any atom is 0.407 e. The van der Waals surface area contributed by atoms with Crippen molar-refractivity contribution in [1.82, 2.24) is 5.32 Å². The van der Waals surface area contributed by atoms with Gasteiger partial charge in [-0.2, -0.15) is 0 Å². The number of ether oxygens (including phenoxy) is 1. The molecule has 0 saturated heterocycles. The van der Waals surface area contributed by atoms with E-state index in [0.29, 0.717) is 6.07 Å². The minimum absolute atomic E-state index is 0.276. The fourth-order valence-corrected chi connectivity index (χ4v) is 1.66. The molecule has 0 fully saturated rings. The molecular weight excluding hydrogens is 315 g/mol. The summed E-state index contributed by atoms with van der Waals surface area (Å²) in [5, 5.41) is 10.9. The predicted molar refractivity (Wildman–Crippen MR) is 76.5 cm³/mol. The van der Waals surface area contributed by atoms with Gasteiger partial charge >= 0.3 is 12.1 Å². The molecule has 0 aliphatic carbocycles. The molecular formula is C15H16F3NO4. The summed E-state index contributed by atoms with van der Waals surface area (Å²) < 4.78 is 46.2. The number of hydrogen-bond donors (Lipinski definition) is 2. The molecule has 0 spiro atoms. The quantitative estimate of drug-likeness (QED) is 0.830. The maximum absolute atomic E-state index is 13.8. The molecule has 0 aliphatic heterocycles. The SMILES string of the molecule is C=C(CNC(=O)OC(C)(C)C)c1c(F)cc(C(=O)O)c(F)c1F. The standard InChI is InChI=1S/C15H16F3NO4/c1-7(6-19-14(22)23-15(2,3)4)10-9(16)5-8(13(20)21)11(17)12(10)18/h5H,1,6H2,2-4H3,(H,19,22)(H,20,21). The van der Waals surface area contributed by atoms with Crippen molar-refractivity contribution in [2.45, 2.75) is 26.4 Å². The predicted octanol–water partition coefficient (Wildman–Crippen LogP) is 3.34. The Morgan fingerprint density at radius 2 is 1.83 bits per heavy atom. The van der Waals surface area contributed by atoms with Gasteiger partial charge in [0.05, 0.1) is 5.56 Å². The molecule has 0 aliphatic rings. The number of nitrogens with one attached hydrogen (secondary N) is 1. The van der Waals surface area contributed by atoms with E-state index in [1.807, 2.05) is 0 Å². The summed E-state index contributed by atoms with van der Waals surface area (Å²) >= 11 is 0. The summed E-state index contributed by atoms with van der Waals surface area (Å²) in [5.74, 6) is -6.48. The number of hydrogen-bond acceptors (Lipinski definition) is 3. The van der Waals surface area contributed by atoms with Gasteiger partial charge in [-0.05, 0) is 32.4 Å². The molecule has 1 amide bonds. The van der Waals surface area contributed by atoms with Gasteiger partial charge in [-0.15, -0.1) is 0 Å². The number of carboxylic acid groups (broad SMARTS) is 1. The highest BCUT2D eigenvalue weighted by molar-refractivity contribution is 5.88. The Labute approximate surface area is 130 Å². The molecule has 0 atom stereocenters. The molecule has 2 N–H and O–H groups in total. The van der Waals surface area contributed by atoms with Gasteiger partial charge in [0.2, 0.25) is 0 Å². The minimum atomic E-state index is -1.80. The summed E-state index contributed by atoms with van der Waals surface area (Å²) in [6.45, 7) is 7.84. The smallest absolute Gasteiger partial charge is 0.407 e. The van der Waals surface area contributed by atoms with Crippen molar-refractivity contribution >= 4 is 17.6 Å². The lowest BCUT2D eigenvalue weighted by molar-refractivity contribution is 0.0534. The highest BCUT2D eigenvalue weighted by Crippen LogP contribution is 2.25. The van der Waals surface area contributed by atoms with E-state index in [0.717, 1.165) is 0 Å². The van der Waals surface area contributed by atoms with Crippen LogP contribution >= 0.6 is 0 Å². The molecule has 1 aromatic carbocycles. The van der Waals surface area contributed by atoms with Gasteiger partial charge < -0.3 is 15.2 Å². The molecule has 8 heteroatoms. The fraction of sp³-hybridized carbons (Fsp3) is 0.333. The van der Waals surface area contributed by atoms with Crippen LogP contribution in [0.25, 0.3) is 5.57 Å². The number of alkyl carbamates (subject to hydrolysis) is 1. The van der Waals surface area contributed by atoms with Gasteiger partial charge in [0.15, 0.2) is 11.6 Å². The molecule has 1 rings (SSSR count). The van der Waals surface area contributed by atoms with E-state index < -0.39 is 52.8 Å². The number of halogens is 3. The lowest BCUT2D eigenvalue weighted by Gasteiger charge is -2.20. The van der Waals surface area contributed by atoms with Crippen LogP contribution in [-0.2, 0) is 4.74 Å². The third kappa shape index (κ3) is 4.73. The van der Waals surface area contributed by atoms with Gasteiger partial charge in [0.1, 0.15) is 17.0 Å². The fourth-order valence-electron chi connectivity index (χ4n) is 1.66. The number of amides is 1. The van der Waals surface area contributed by atoms with Crippen molar-refractivity contribution in [1.29, 1.82) is 0 Å². The van der Waals surface area contributed by atoms with E-state index in [2.05, 4.69) is 11.9 Å². The van der Waals surface area contributed by atoms with E-state index in [1.54, 1.807) is 20.8 Å². The molecule has 0 unspecified atom stereocenters. The van der Waals surface area contributed by atoms with Gasteiger partial charge in [0.25, 0.3) is 0 Å². The van der Waals surface area contributed by atoms with Crippen LogP contribution in [0.1, 0.15) is 36.7 Å². The maximum atomic E-state index is 13.8. The lowest BCUT2D eigenvalue weighted by Crippen LogP contribution is -2.33. The third-order valence-electron chi connectivity index (χ3n) is 2.59. The Balaban J connectivity index is 2.95. The molecule has 0 radical (unpaired) electrons. The summed E-state index contributed by atoms with van der Waals surface area (Å²) in [6.07, 6.45) is -0.845. The van der Waals surface area contributed by atoms with Crippen molar-refractivity contribution in [3.05, 3.63) is 41.2 Å². The van der Waals surface area contributed by atoms with Crippen LogP contribution in [0, 0.1) is 17.5 Å². The first-order chi connectivity index (χ1) is 10.4. The normalized spacial score (nSPS) is 11.0. The molecule has 23 heavy (non-hydrogen) atoms. The van der Waals surface area contributed by atoms with Crippen LogP contribution in [0.5, 0.6) is 0 Å². The first-order valence-electron chi connectivity index (χ1n) is 6.50. The summed E-state index contributed by atoms with van der Waals surface area (Å²) in [7, 11) is 0. The molecule has 0 saturated carbocycles. The van der Waals surface area contributed by atoms with Crippen molar-refractivity contribution in [2.24, 2.45) is 0 Å². The van der Waals surface area contributed by atoms with Crippen LogP contribution < -0.4 is 5.32 Å². The van der Waals surface area contributed by atoms with E-state index in [-0.39, 0.29) is 5.57 Å². The summed E-state index contributed by atoms with van der Waals surface area (Å²) in [4.78, 5) is 22.1. The number of benzene rings is 1. The van der Waals surface area contributed by atoms with Gasteiger partial charge in [0, 0.05) is 6.54 Å². The van der Waals surface area contributed by atoms with E-state index in [4.69, 9.17) is 9.84 Å². The largest absolute Gasteiger partial charge is 0.478 e. The average molecular weight is 331 g/mol. The second kappa shape index (κ2) is 6.72. The third-order valence-corrected chi connectivity index (χ3v) is 2.59. The van der Waals surface area contributed by atoms with E-state index in [9.17, 15) is 22.8 Å². The zero-order valence-electron chi connectivity index (χ0n) is 12.8. The zero-order valence-corrected chi connectivity index (χ0v) is 12.8. The second-order valence-electron chi connectivity index (χ2n) is 5.67. The molecule has 0 aromatic heterocycles. The monoisotopic (exact) mass is 331 g/mol. The Bertz CT molecular complexity index is 666. The van der Waals surface area contributed by atoms with Crippen LogP contribution in [0.2, 0.25) is 0 Å². The highest BCUT2D eigenvalue weighted by atomic mass is 19.2. The first kappa shape index (κ1) is 18.5. The van der Waals surface area contributed by atoms with Crippen molar-refractivity contribution < 1.29 is 32.6 Å². The molecule has 0 heterocycles. The molecule has 126 valence electrons. The number of aromatic carboxylic acids is 1. The highest BCUT2D eigenvalue weighted by Gasteiger charge is 2.24. The molecule has 0 bridgehead atoms. The number of rotatable bonds is 4. The van der Waals surface area contributed by atoms with E-state index >= 15 is 0 Å². The van der Waals surface area contributed by atoms with Gasteiger partial charge in [-0.3, -0.25) is 0 Å². The number of carbonyl (C=O) groups is 2. The molecule has 1 aromatic rings. The van der Waals surface area contributed by atoms with Crippen molar-refractivity contribution in [3.8, 4) is 0 Å². The summed E-state index contributed by atoms with van der Waals surface area (Å²) in [5.41, 5.74) is -3.00. The Hall–Kier alpha value is -2.51. The van der Waals surface area contributed by atoms with Crippen LogP contribution in [0.4, 0.5) is 18.0 Å². The van der Waals surface area contributed by atoms with Crippen LogP contribution in [0.3, 0.4) is 0 Å². The Kier molecular flexibility index (Phi) is 5.42. The second-order valence-corrected chi connectivity index (χ2v) is 5.67. The van der Waals surface area contributed by atoms with E-state index in [1.165, 1.54) is 0 Å². The average Bonchev–Trinajstić information content (AvgIpc) is 2.38. The van der Waals surface area contributed by atoms with Crippen LogP contribution in [-0.4, -0.2) is 29.3 Å². The number of carboxylic acids is 1. The van der Waals surface area contributed by atoms with Gasteiger partial charge in [-0.25, -0.2) is 22.8 Å². The van der Waals surface area contributed by atoms with Crippen molar-refractivity contribution in [3.63, 3.8) is 0 Å². The minimum Gasteiger partial charge on any atom is -0.478 e. The van der Waals surface area contributed by atoms with Crippen molar-refractivity contribution in [2.75, 3.05) is 6.54 Å². The zero-order chi connectivity index (χ0) is 17.9. The topological polar surface area (TPSA) is 75.6 Å². The lowest BCUT2D eigenvalue weighted by atomic mass is 10.0.